The van der Waals surface area contributed by atoms with Crippen molar-refractivity contribution >= 4 is 29.3 Å². The van der Waals surface area contributed by atoms with E-state index in [0.717, 1.165) is 18.5 Å². The van der Waals surface area contributed by atoms with Gasteiger partial charge in [-0.2, -0.15) is 4.99 Å². The van der Waals surface area contributed by atoms with Crippen molar-refractivity contribution in [3.63, 3.8) is 0 Å². The summed E-state index contributed by atoms with van der Waals surface area (Å²) in [5.41, 5.74) is 11.9. The third-order valence-electron chi connectivity index (χ3n) is 4.21. The zero-order valence-electron chi connectivity index (χ0n) is 11.9. The standard InChI is InChI=1S/C15H17ClN4O2/c16-12-2-1-10(21)7-20-4-3-8-5-9(6-11(12)13(8)20)14(22)19-15(17)18/h1-2,5-6,8,12-13H,3-4,7H2,(H4,17,18,19,22). The van der Waals surface area contributed by atoms with Crippen LogP contribution in [0.5, 0.6) is 0 Å². The summed E-state index contributed by atoms with van der Waals surface area (Å²) < 4.78 is 0. The van der Waals surface area contributed by atoms with Gasteiger partial charge >= 0.3 is 0 Å². The number of halogens is 1. The monoisotopic (exact) mass is 320 g/mol. The molecule has 2 heterocycles. The average molecular weight is 321 g/mol. The van der Waals surface area contributed by atoms with Gasteiger partial charge in [0, 0.05) is 11.6 Å². The van der Waals surface area contributed by atoms with Crippen molar-refractivity contribution in [2.75, 3.05) is 13.1 Å². The van der Waals surface area contributed by atoms with Crippen LogP contribution in [0, 0.1) is 5.92 Å². The van der Waals surface area contributed by atoms with Gasteiger partial charge in [-0.1, -0.05) is 12.2 Å². The van der Waals surface area contributed by atoms with Crippen molar-refractivity contribution in [2.45, 2.75) is 17.8 Å². The van der Waals surface area contributed by atoms with E-state index in [4.69, 9.17) is 23.1 Å². The number of amides is 1. The first-order valence-electron chi connectivity index (χ1n) is 7.12. The Hall–Kier alpha value is -1.92. The Morgan fingerprint density at radius 2 is 2.18 bits per heavy atom. The van der Waals surface area contributed by atoms with E-state index in [2.05, 4.69) is 9.89 Å². The highest BCUT2D eigenvalue weighted by atomic mass is 35.5. The van der Waals surface area contributed by atoms with Gasteiger partial charge in [0.2, 0.25) is 0 Å². The van der Waals surface area contributed by atoms with E-state index in [1.807, 2.05) is 6.08 Å². The third-order valence-corrected chi connectivity index (χ3v) is 4.61. The molecule has 0 radical (unpaired) electrons. The SMILES string of the molecule is NC(N)=NC(=O)C1=CC2CCN3CC(=O)C=CC(Cl)C(=C1)C23. The molecule has 6 nitrogen and oxygen atoms in total. The predicted molar refractivity (Wildman–Crippen MR) is 84.2 cm³/mol. The van der Waals surface area contributed by atoms with E-state index in [1.165, 1.54) is 6.08 Å². The highest BCUT2D eigenvalue weighted by molar-refractivity contribution is 6.24. The number of aliphatic imine (C=N–C) groups is 1. The average Bonchev–Trinajstić information content (AvgIpc) is 2.85. The third kappa shape index (κ3) is 2.71. The van der Waals surface area contributed by atoms with Crippen molar-refractivity contribution in [3.8, 4) is 0 Å². The maximum atomic E-state index is 12.1. The summed E-state index contributed by atoms with van der Waals surface area (Å²) in [6.45, 7) is 1.18. The first kappa shape index (κ1) is 15.0. The molecule has 3 atom stereocenters. The number of nitrogens with two attached hydrogens (primary N) is 2. The second-order valence-corrected chi connectivity index (χ2v) is 6.17. The van der Waals surface area contributed by atoms with Gasteiger partial charge in [-0.25, -0.2) is 0 Å². The van der Waals surface area contributed by atoms with E-state index in [9.17, 15) is 9.59 Å². The summed E-state index contributed by atoms with van der Waals surface area (Å²) in [7, 11) is 0. The van der Waals surface area contributed by atoms with Gasteiger partial charge in [-0.05, 0) is 36.6 Å². The number of allylic oxidation sites excluding steroid dienone is 1. The lowest BCUT2D eigenvalue weighted by Crippen LogP contribution is -2.42. The molecule has 1 saturated heterocycles. The number of ketones is 1. The molecular weight excluding hydrogens is 304 g/mol. The summed E-state index contributed by atoms with van der Waals surface area (Å²) in [6.07, 6.45) is 7.71. The van der Waals surface area contributed by atoms with E-state index < -0.39 is 11.3 Å². The number of carbonyl (C=O) groups excluding carboxylic acids is 2. The highest BCUT2D eigenvalue weighted by Gasteiger charge is 2.41. The first-order valence-corrected chi connectivity index (χ1v) is 7.56. The summed E-state index contributed by atoms with van der Waals surface area (Å²) in [6, 6.07) is 0.0622. The Bertz CT molecular complexity index is 646. The molecule has 4 N–H and O–H groups in total. The number of nitrogens with zero attached hydrogens (tertiary/aromatic N) is 2. The van der Waals surface area contributed by atoms with Gasteiger partial charge < -0.3 is 11.5 Å². The molecule has 3 aliphatic rings. The van der Waals surface area contributed by atoms with Crippen LogP contribution in [0.4, 0.5) is 0 Å². The maximum absolute atomic E-state index is 12.1. The van der Waals surface area contributed by atoms with Crippen LogP contribution in [0.25, 0.3) is 0 Å². The Morgan fingerprint density at radius 3 is 2.91 bits per heavy atom. The summed E-state index contributed by atoms with van der Waals surface area (Å²) in [5, 5.41) is -0.423. The molecule has 0 aromatic rings. The van der Waals surface area contributed by atoms with Gasteiger partial charge in [0.15, 0.2) is 11.7 Å². The fourth-order valence-corrected chi connectivity index (χ4v) is 3.61. The van der Waals surface area contributed by atoms with E-state index in [-0.39, 0.29) is 23.7 Å². The van der Waals surface area contributed by atoms with Crippen molar-refractivity contribution in [1.82, 2.24) is 4.90 Å². The molecule has 0 aromatic carbocycles. The largest absolute Gasteiger partial charge is 0.370 e. The fourth-order valence-electron chi connectivity index (χ4n) is 3.35. The van der Waals surface area contributed by atoms with Gasteiger partial charge in [0.1, 0.15) is 0 Å². The van der Waals surface area contributed by atoms with Crippen LogP contribution in [0.3, 0.4) is 0 Å². The lowest BCUT2D eigenvalue weighted by atomic mass is 9.83. The van der Waals surface area contributed by atoms with Crippen LogP contribution in [-0.2, 0) is 9.59 Å². The molecule has 116 valence electrons. The molecule has 1 amide bonds. The van der Waals surface area contributed by atoms with Crippen LogP contribution in [0.15, 0.2) is 40.4 Å². The van der Waals surface area contributed by atoms with Crippen molar-refractivity contribution in [2.24, 2.45) is 22.4 Å². The van der Waals surface area contributed by atoms with Crippen LogP contribution >= 0.6 is 11.6 Å². The molecule has 0 bridgehead atoms. The van der Waals surface area contributed by atoms with Crippen molar-refractivity contribution in [3.05, 3.63) is 35.5 Å². The van der Waals surface area contributed by atoms with Crippen molar-refractivity contribution in [1.29, 1.82) is 0 Å². The molecule has 1 fully saturated rings. The lowest BCUT2D eigenvalue weighted by molar-refractivity contribution is -0.116. The minimum absolute atomic E-state index is 0.0525. The molecule has 3 rings (SSSR count). The second kappa shape index (κ2) is 5.70. The smallest absolute Gasteiger partial charge is 0.279 e. The first-order chi connectivity index (χ1) is 10.5. The summed E-state index contributed by atoms with van der Waals surface area (Å²) in [5.74, 6) is -0.522. The fraction of sp³-hybridized carbons (Fsp3) is 0.400. The number of guanidine groups is 1. The van der Waals surface area contributed by atoms with Crippen LogP contribution in [0.2, 0.25) is 0 Å². The van der Waals surface area contributed by atoms with Gasteiger partial charge in [0.25, 0.3) is 5.91 Å². The molecule has 1 aliphatic carbocycles. The van der Waals surface area contributed by atoms with Crippen LogP contribution < -0.4 is 11.5 Å². The number of hydrogen-bond acceptors (Lipinski definition) is 3. The second-order valence-electron chi connectivity index (χ2n) is 5.70. The summed E-state index contributed by atoms with van der Waals surface area (Å²) in [4.78, 5) is 29.6. The minimum atomic E-state index is -0.463. The van der Waals surface area contributed by atoms with E-state index >= 15 is 0 Å². The maximum Gasteiger partial charge on any atom is 0.279 e. The van der Waals surface area contributed by atoms with Gasteiger partial charge in [-0.3, -0.25) is 14.5 Å². The lowest BCUT2D eigenvalue weighted by Gasteiger charge is -2.34. The van der Waals surface area contributed by atoms with Gasteiger partial charge in [0.05, 0.1) is 11.9 Å². The summed E-state index contributed by atoms with van der Waals surface area (Å²) >= 11 is 6.41. The Balaban J connectivity index is 2.00. The van der Waals surface area contributed by atoms with Crippen LogP contribution in [-0.4, -0.2) is 47.1 Å². The number of rotatable bonds is 1. The normalized spacial score (nSPS) is 30.8. The van der Waals surface area contributed by atoms with Crippen molar-refractivity contribution < 1.29 is 9.59 Å². The Kier molecular flexibility index (Phi) is 3.88. The zero-order chi connectivity index (χ0) is 15.9. The minimum Gasteiger partial charge on any atom is -0.370 e. The highest BCUT2D eigenvalue weighted by Crippen LogP contribution is 2.39. The zero-order valence-corrected chi connectivity index (χ0v) is 12.7. The molecule has 7 heteroatoms. The molecular formula is C15H17ClN4O2. The van der Waals surface area contributed by atoms with Gasteiger partial charge in [-0.15, -0.1) is 11.6 Å². The number of alkyl halides is 1. The number of carbonyl (C=O) groups is 2. The molecule has 0 spiro atoms. The molecule has 0 saturated carbocycles. The Morgan fingerprint density at radius 1 is 1.41 bits per heavy atom. The predicted octanol–water partition coefficient (Wildman–Crippen LogP) is 0.0896. The van der Waals surface area contributed by atoms with E-state index in [0.29, 0.717) is 12.1 Å². The molecule has 22 heavy (non-hydrogen) atoms. The number of hydrogen-bond donors (Lipinski definition) is 2. The topological polar surface area (TPSA) is 102 Å². The molecule has 3 unspecified atom stereocenters. The quantitative estimate of drug-likeness (QED) is 0.405. The van der Waals surface area contributed by atoms with E-state index in [1.54, 1.807) is 12.2 Å². The Labute approximate surface area is 133 Å². The van der Waals surface area contributed by atoms with Crippen LogP contribution in [0.1, 0.15) is 6.42 Å². The molecule has 2 aliphatic heterocycles. The molecule has 0 aromatic heterocycles.